The third-order valence-corrected chi connectivity index (χ3v) is 5.76. The van der Waals surface area contributed by atoms with E-state index in [-0.39, 0.29) is 30.6 Å². The molecule has 0 heterocycles. The SMILES string of the molecule is Cc1cc(COC(=O)[C@]2(C)CC/C=C/[C@H](CC(=O)ONS)CC2)c([N+](=O)[O-])cc1C. The van der Waals surface area contributed by atoms with E-state index in [1.165, 1.54) is 6.07 Å². The molecule has 0 amide bonds. The van der Waals surface area contributed by atoms with Gasteiger partial charge in [0.05, 0.1) is 22.3 Å². The number of aryl methyl sites for hydroxylation is 2. The molecule has 164 valence electrons. The average molecular weight is 437 g/mol. The van der Waals surface area contributed by atoms with Crippen molar-refractivity contribution >= 4 is 30.4 Å². The topological polar surface area (TPSA) is 108 Å². The number of thiol groups is 1. The number of ether oxygens (including phenoxy) is 1. The molecule has 0 unspecified atom stereocenters. The van der Waals surface area contributed by atoms with E-state index in [1.54, 1.807) is 13.0 Å². The van der Waals surface area contributed by atoms with E-state index in [9.17, 15) is 19.7 Å². The van der Waals surface area contributed by atoms with Gasteiger partial charge in [0, 0.05) is 6.07 Å². The molecule has 1 N–H and O–H groups in total. The molecular weight excluding hydrogens is 408 g/mol. The van der Waals surface area contributed by atoms with Crippen molar-refractivity contribution in [2.45, 2.75) is 59.5 Å². The first kappa shape index (κ1) is 23.9. The lowest BCUT2D eigenvalue weighted by molar-refractivity contribution is -0.385. The van der Waals surface area contributed by atoms with Gasteiger partial charge in [-0.3, -0.25) is 19.7 Å². The Balaban J connectivity index is 2.06. The monoisotopic (exact) mass is 436 g/mol. The van der Waals surface area contributed by atoms with Crippen LogP contribution in [0.25, 0.3) is 0 Å². The quantitative estimate of drug-likeness (QED) is 0.216. The van der Waals surface area contributed by atoms with E-state index in [0.717, 1.165) is 11.1 Å². The molecule has 0 aliphatic heterocycles. The van der Waals surface area contributed by atoms with Gasteiger partial charge in [0.25, 0.3) is 5.69 Å². The van der Waals surface area contributed by atoms with Crippen LogP contribution in [-0.4, -0.2) is 16.9 Å². The maximum atomic E-state index is 12.9. The maximum Gasteiger partial charge on any atom is 0.326 e. The van der Waals surface area contributed by atoms with Gasteiger partial charge in [0.2, 0.25) is 0 Å². The number of nitrogens with one attached hydrogen (secondary N) is 1. The minimum atomic E-state index is -0.733. The summed E-state index contributed by atoms with van der Waals surface area (Å²) < 4.78 is 5.53. The van der Waals surface area contributed by atoms with Crippen LogP contribution in [0.4, 0.5) is 5.69 Å². The fourth-order valence-corrected chi connectivity index (χ4v) is 3.66. The van der Waals surface area contributed by atoms with Gasteiger partial charge in [-0.2, -0.15) is 0 Å². The van der Waals surface area contributed by atoms with Crippen molar-refractivity contribution in [2.24, 2.45) is 11.3 Å². The van der Waals surface area contributed by atoms with E-state index >= 15 is 0 Å². The Morgan fingerprint density at radius 1 is 1.30 bits per heavy atom. The lowest BCUT2D eigenvalue weighted by Crippen LogP contribution is -2.31. The third kappa shape index (κ3) is 6.30. The van der Waals surface area contributed by atoms with Crippen LogP contribution in [0.1, 0.15) is 55.7 Å². The first-order valence-electron chi connectivity index (χ1n) is 9.83. The second kappa shape index (κ2) is 10.6. The summed E-state index contributed by atoms with van der Waals surface area (Å²) >= 11 is 3.64. The van der Waals surface area contributed by atoms with E-state index in [1.807, 2.05) is 26.0 Å². The molecule has 0 saturated heterocycles. The van der Waals surface area contributed by atoms with Crippen molar-refractivity contribution in [2.75, 3.05) is 0 Å². The Hall–Kier alpha value is -2.39. The highest BCUT2D eigenvalue weighted by molar-refractivity contribution is 7.77. The lowest BCUT2D eigenvalue weighted by atomic mass is 9.77. The van der Waals surface area contributed by atoms with Crippen molar-refractivity contribution in [1.82, 2.24) is 4.89 Å². The smallest absolute Gasteiger partial charge is 0.326 e. The molecule has 0 saturated carbocycles. The van der Waals surface area contributed by atoms with Crippen molar-refractivity contribution in [1.29, 1.82) is 0 Å². The molecule has 9 heteroatoms. The van der Waals surface area contributed by atoms with Crippen LogP contribution < -0.4 is 4.89 Å². The second-order valence-electron chi connectivity index (χ2n) is 7.99. The van der Waals surface area contributed by atoms with Gasteiger partial charge in [0.15, 0.2) is 0 Å². The number of nitrogens with zero attached hydrogens (tertiary/aromatic N) is 1. The number of rotatable bonds is 7. The second-order valence-corrected chi connectivity index (χ2v) is 8.18. The van der Waals surface area contributed by atoms with Gasteiger partial charge in [-0.05, 0) is 69.6 Å². The Morgan fingerprint density at radius 2 is 2.00 bits per heavy atom. The zero-order valence-electron chi connectivity index (χ0n) is 17.5. The number of benzene rings is 1. The summed E-state index contributed by atoms with van der Waals surface area (Å²) in [7, 11) is 0. The summed E-state index contributed by atoms with van der Waals surface area (Å²) in [5.74, 6) is -0.859. The molecule has 0 radical (unpaired) electrons. The number of esters is 1. The molecule has 0 aromatic heterocycles. The molecule has 0 spiro atoms. The first-order valence-corrected chi connectivity index (χ1v) is 10.3. The summed E-state index contributed by atoms with van der Waals surface area (Å²) in [6.07, 6.45) is 6.56. The van der Waals surface area contributed by atoms with Crippen molar-refractivity contribution in [3.05, 3.63) is 51.1 Å². The molecule has 0 bridgehead atoms. The predicted molar refractivity (Wildman–Crippen MR) is 114 cm³/mol. The van der Waals surface area contributed by atoms with E-state index in [0.29, 0.717) is 31.2 Å². The first-order chi connectivity index (χ1) is 14.2. The molecule has 1 aliphatic rings. The van der Waals surface area contributed by atoms with Crippen LogP contribution in [0.2, 0.25) is 0 Å². The summed E-state index contributed by atoms with van der Waals surface area (Å²) in [6, 6.07) is 3.20. The highest BCUT2D eigenvalue weighted by Crippen LogP contribution is 2.36. The Kier molecular flexibility index (Phi) is 8.43. The Morgan fingerprint density at radius 3 is 2.67 bits per heavy atom. The van der Waals surface area contributed by atoms with Crippen molar-refractivity contribution in [3.63, 3.8) is 0 Å². The van der Waals surface area contributed by atoms with E-state index in [4.69, 9.17) is 4.74 Å². The summed E-state index contributed by atoms with van der Waals surface area (Å²) in [4.78, 5) is 42.2. The zero-order chi connectivity index (χ0) is 22.3. The van der Waals surface area contributed by atoms with Crippen molar-refractivity contribution < 1.29 is 24.1 Å². The zero-order valence-corrected chi connectivity index (χ0v) is 18.4. The molecule has 2 rings (SSSR count). The normalized spacial score (nSPS) is 22.5. The molecule has 0 fully saturated rings. The van der Waals surface area contributed by atoms with Crippen LogP contribution in [0.5, 0.6) is 0 Å². The van der Waals surface area contributed by atoms with Crippen LogP contribution >= 0.6 is 12.8 Å². The minimum absolute atomic E-state index is 0.0481. The van der Waals surface area contributed by atoms with Crippen LogP contribution in [-0.2, 0) is 25.8 Å². The fourth-order valence-electron chi connectivity index (χ4n) is 3.56. The van der Waals surface area contributed by atoms with E-state index in [2.05, 4.69) is 22.5 Å². The Labute approximate surface area is 181 Å². The molecule has 2 atom stereocenters. The van der Waals surface area contributed by atoms with Crippen LogP contribution in [0.3, 0.4) is 0 Å². The number of hydrogen-bond donors (Lipinski definition) is 2. The highest BCUT2D eigenvalue weighted by Gasteiger charge is 2.36. The minimum Gasteiger partial charge on any atom is -0.460 e. The van der Waals surface area contributed by atoms with Crippen molar-refractivity contribution in [3.8, 4) is 0 Å². The number of nitro groups is 1. The number of hydrogen-bond acceptors (Lipinski definition) is 8. The van der Waals surface area contributed by atoms with Gasteiger partial charge in [0.1, 0.15) is 6.61 Å². The highest BCUT2D eigenvalue weighted by atomic mass is 32.1. The summed E-state index contributed by atoms with van der Waals surface area (Å²) in [6.45, 7) is 5.36. The summed E-state index contributed by atoms with van der Waals surface area (Å²) in [5.41, 5.74) is 1.31. The van der Waals surface area contributed by atoms with E-state index < -0.39 is 16.3 Å². The molecule has 1 aromatic carbocycles. The summed E-state index contributed by atoms with van der Waals surface area (Å²) in [5, 5.41) is 11.4. The van der Waals surface area contributed by atoms with Gasteiger partial charge in [-0.15, -0.1) is 0 Å². The number of carbonyl (C=O) groups excluding carboxylic acids is 2. The van der Waals surface area contributed by atoms with Crippen LogP contribution in [0.15, 0.2) is 24.3 Å². The van der Waals surface area contributed by atoms with Gasteiger partial charge in [-0.1, -0.05) is 29.9 Å². The molecule has 8 nitrogen and oxygen atoms in total. The molecule has 1 aromatic rings. The largest absolute Gasteiger partial charge is 0.460 e. The lowest BCUT2D eigenvalue weighted by Gasteiger charge is -2.30. The molecule has 1 aliphatic carbocycles. The van der Waals surface area contributed by atoms with Gasteiger partial charge in [-0.25, -0.2) is 0 Å². The Bertz CT molecular complexity index is 841. The fraction of sp³-hybridized carbons (Fsp3) is 0.524. The van der Waals surface area contributed by atoms with Gasteiger partial charge >= 0.3 is 11.9 Å². The van der Waals surface area contributed by atoms with Gasteiger partial charge < -0.3 is 9.57 Å². The number of nitro benzene ring substituents is 1. The molecular formula is C21H28N2O6S. The standard InChI is InChI=1S/C21H28N2O6S/c1-14-10-17(18(23(26)27)11-15(14)2)13-28-20(25)21(3)8-5-4-6-16(7-9-21)12-19(24)29-22-30/h4,6,10-11,16,22,30H,5,7-9,12-13H2,1-3H3/b6-4+/t16-,21+/m0/s1. The number of allylic oxidation sites excluding steroid dienone is 2. The number of carbonyl (C=O) groups is 2. The maximum absolute atomic E-state index is 12.9. The third-order valence-electron chi connectivity index (χ3n) is 5.67. The van der Waals surface area contributed by atoms with Crippen LogP contribution in [0, 0.1) is 35.3 Å². The predicted octanol–water partition coefficient (Wildman–Crippen LogP) is 4.29. The average Bonchev–Trinajstić information content (AvgIpc) is 2.67. The molecule has 30 heavy (non-hydrogen) atoms.